The lowest BCUT2D eigenvalue weighted by atomic mass is 10.2. The molecule has 0 bridgehead atoms. The highest BCUT2D eigenvalue weighted by Gasteiger charge is 2.12. The predicted octanol–water partition coefficient (Wildman–Crippen LogP) is 4.27. The molecule has 110 valence electrons. The summed E-state index contributed by atoms with van der Waals surface area (Å²) >= 11 is 7.14. The van der Waals surface area contributed by atoms with Crippen LogP contribution in [-0.2, 0) is 19.5 Å². The van der Waals surface area contributed by atoms with Gasteiger partial charge in [-0.2, -0.15) is 5.10 Å². The number of unbranched alkanes of at least 4 members (excludes halogenated alkanes) is 3. The van der Waals surface area contributed by atoms with Crippen LogP contribution in [-0.4, -0.2) is 21.7 Å². The van der Waals surface area contributed by atoms with Gasteiger partial charge < -0.3 is 5.32 Å². The zero-order chi connectivity index (χ0) is 14.1. The van der Waals surface area contributed by atoms with Gasteiger partial charge in [-0.1, -0.05) is 35.7 Å². The van der Waals surface area contributed by atoms with Crippen molar-refractivity contribution in [1.82, 2.24) is 15.1 Å². The summed E-state index contributed by atoms with van der Waals surface area (Å²) in [5, 5.41) is 9.27. The molecule has 1 heterocycles. The van der Waals surface area contributed by atoms with E-state index < -0.39 is 0 Å². The maximum Gasteiger partial charge on any atom is 0.0767 e. The van der Waals surface area contributed by atoms with Gasteiger partial charge in [0, 0.05) is 18.4 Å². The molecule has 0 fully saturated rings. The molecule has 0 aliphatic carbocycles. The zero-order valence-electron chi connectivity index (χ0n) is 12.0. The number of hydrogen-bond acceptors (Lipinski definition) is 2. The molecular formula is C14H25Br2N3. The van der Waals surface area contributed by atoms with Crippen molar-refractivity contribution < 1.29 is 0 Å². The first kappa shape index (κ1) is 17.2. The summed E-state index contributed by atoms with van der Waals surface area (Å²) in [5.74, 6) is 0. The number of nitrogens with zero attached hydrogens (tertiary/aromatic N) is 2. The molecule has 0 aliphatic heterocycles. The first-order valence-electron chi connectivity index (χ1n) is 7.25. The second kappa shape index (κ2) is 9.94. The molecule has 5 heteroatoms. The van der Waals surface area contributed by atoms with Crippen LogP contribution in [0.4, 0.5) is 0 Å². The van der Waals surface area contributed by atoms with Gasteiger partial charge in [-0.15, -0.1) is 0 Å². The van der Waals surface area contributed by atoms with E-state index >= 15 is 0 Å². The molecule has 1 aromatic heterocycles. The van der Waals surface area contributed by atoms with Crippen LogP contribution in [0.2, 0.25) is 0 Å². The lowest BCUT2D eigenvalue weighted by Gasteiger charge is -2.07. The lowest BCUT2D eigenvalue weighted by Crippen LogP contribution is -2.18. The highest BCUT2D eigenvalue weighted by atomic mass is 79.9. The van der Waals surface area contributed by atoms with Gasteiger partial charge in [-0.3, -0.25) is 4.68 Å². The number of alkyl halides is 1. The molecule has 0 aliphatic rings. The summed E-state index contributed by atoms with van der Waals surface area (Å²) in [6.45, 7) is 7.21. The maximum atomic E-state index is 4.61. The monoisotopic (exact) mass is 393 g/mol. The van der Waals surface area contributed by atoms with Crippen molar-refractivity contribution in [3.8, 4) is 0 Å². The van der Waals surface area contributed by atoms with Crippen LogP contribution in [0.15, 0.2) is 4.47 Å². The number of rotatable bonds is 10. The first-order valence-corrected chi connectivity index (χ1v) is 9.16. The zero-order valence-corrected chi connectivity index (χ0v) is 15.2. The predicted molar refractivity (Wildman–Crippen MR) is 88.9 cm³/mol. The van der Waals surface area contributed by atoms with E-state index in [2.05, 4.69) is 60.8 Å². The summed E-state index contributed by atoms with van der Waals surface area (Å²) in [5.41, 5.74) is 2.44. The molecule has 1 N–H and O–H groups in total. The Balaban J connectivity index is 2.34. The van der Waals surface area contributed by atoms with Crippen molar-refractivity contribution in [3.05, 3.63) is 15.9 Å². The van der Waals surface area contributed by atoms with Crippen molar-refractivity contribution in [2.45, 2.75) is 59.0 Å². The average molecular weight is 395 g/mol. The maximum absolute atomic E-state index is 4.61. The van der Waals surface area contributed by atoms with Crippen molar-refractivity contribution in [2.24, 2.45) is 0 Å². The summed E-state index contributed by atoms with van der Waals surface area (Å²) in [7, 11) is 0. The Bertz CT molecular complexity index is 364. The van der Waals surface area contributed by atoms with Crippen LogP contribution in [0.3, 0.4) is 0 Å². The van der Waals surface area contributed by atoms with Crippen LogP contribution < -0.4 is 5.32 Å². The van der Waals surface area contributed by atoms with Gasteiger partial charge in [0.1, 0.15) is 0 Å². The van der Waals surface area contributed by atoms with Gasteiger partial charge in [0.25, 0.3) is 0 Å². The third-order valence-corrected chi connectivity index (χ3v) is 4.70. The third kappa shape index (κ3) is 5.56. The van der Waals surface area contributed by atoms with Gasteiger partial charge in [-0.25, -0.2) is 0 Å². The highest BCUT2D eigenvalue weighted by molar-refractivity contribution is 9.10. The smallest absolute Gasteiger partial charge is 0.0767 e. The average Bonchev–Trinajstić information content (AvgIpc) is 2.74. The molecule has 3 nitrogen and oxygen atoms in total. The molecule has 19 heavy (non-hydrogen) atoms. The van der Waals surface area contributed by atoms with Crippen LogP contribution in [0.1, 0.15) is 50.9 Å². The molecule has 0 spiro atoms. The Kier molecular flexibility index (Phi) is 8.99. The van der Waals surface area contributed by atoms with Gasteiger partial charge >= 0.3 is 0 Å². The number of aromatic nitrogens is 2. The fraction of sp³-hybridized carbons (Fsp3) is 0.786. The molecule has 0 saturated heterocycles. The fourth-order valence-electron chi connectivity index (χ4n) is 2.09. The highest BCUT2D eigenvalue weighted by Crippen LogP contribution is 2.22. The summed E-state index contributed by atoms with van der Waals surface area (Å²) in [6.07, 6.45) is 6.16. The summed E-state index contributed by atoms with van der Waals surface area (Å²) in [6, 6.07) is 0. The number of hydrogen-bond donors (Lipinski definition) is 1. The van der Waals surface area contributed by atoms with E-state index in [4.69, 9.17) is 0 Å². The van der Waals surface area contributed by atoms with E-state index in [1.807, 2.05) is 0 Å². The normalized spacial score (nSPS) is 11.2. The fourth-order valence-corrected chi connectivity index (χ4v) is 3.19. The van der Waals surface area contributed by atoms with Gasteiger partial charge in [0.05, 0.1) is 15.9 Å². The largest absolute Gasteiger partial charge is 0.311 e. The summed E-state index contributed by atoms with van der Waals surface area (Å²) in [4.78, 5) is 0. The Morgan fingerprint density at radius 1 is 1.16 bits per heavy atom. The van der Waals surface area contributed by atoms with Crippen molar-refractivity contribution in [2.75, 3.05) is 11.9 Å². The van der Waals surface area contributed by atoms with E-state index in [0.717, 1.165) is 37.1 Å². The van der Waals surface area contributed by atoms with E-state index in [1.54, 1.807) is 0 Å². The standard InChI is InChI=1S/C14H25Br2N3/c1-3-12-14(16)13(19(4-2)18-12)11-17-10-8-6-5-7-9-15/h17H,3-11H2,1-2H3. The minimum absolute atomic E-state index is 0.903. The molecular weight excluding hydrogens is 370 g/mol. The van der Waals surface area contributed by atoms with E-state index in [1.165, 1.54) is 35.8 Å². The van der Waals surface area contributed by atoms with Crippen LogP contribution in [0.5, 0.6) is 0 Å². The second-order valence-corrected chi connectivity index (χ2v) is 6.24. The van der Waals surface area contributed by atoms with Crippen LogP contribution >= 0.6 is 31.9 Å². The minimum Gasteiger partial charge on any atom is -0.311 e. The van der Waals surface area contributed by atoms with Crippen LogP contribution in [0.25, 0.3) is 0 Å². The van der Waals surface area contributed by atoms with Crippen molar-refractivity contribution in [3.63, 3.8) is 0 Å². The first-order chi connectivity index (χ1) is 9.24. The Morgan fingerprint density at radius 2 is 1.89 bits per heavy atom. The van der Waals surface area contributed by atoms with Crippen LogP contribution in [0, 0.1) is 0 Å². The summed E-state index contributed by atoms with van der Waals surface area (Å²) < 4.78 is 3.28. The van der Waals surface area contributed by atoms with Gasteiger partial charge in [-0.05, 0) is 48.7 Å². The number of nitrogens with one attached hydrogen (secondary N) is 1. The van der Waals surface area contributed by atoms with Gasteiger partial charge in [0.2, 0.25) is 0 Å². The quantitative estimate of drug-likeness (QED) is 0.474. The Morgan fingerprint density at radius 3 is 2.53 bits per heavy atom. The Hall–Kier alpha value is 0.130. The van der Waals surface area contributed by atoms with Crippen molar-refractivity contribution in [1.29, 1.82) is 0 Å². The minimum atomic E-state index is 0.903. The van der Waals surface area contributed by atoms with E-state index in [9.17, 15) is 0 Å². The molecule has 1 rings (SSSR count). The molecule has 0 unspecified atom stereocenters. The molecule has 0 atom stereocenters. The van der Waals surface area contributed by atoms with E-state index in [-0.39, 0.29) is 0 Å². The topological polar surface area (TPSA) is 29.9 Å². The molecule has 0 saturated carbocycles. The second-order valence-electron chi connectivity index (χ2n) is 4.66. The SMILES string of the molecule is CCc1nn(CC)c(CNCCCCCCBr)c1Br. The van der Waals surface area contributed by atoms with Gasteiger partial charge in [0.15, 0.2) is 0 Å². The Labute approximate surface area is 133 Å². The number of aryl methyl sites for hydroxylation is 2. The third-order valence-electron chi connectivity index (χ3n) is 3.22. The molecule has 1 aromatic rings. The molecule has 0 aromatic carbocycles. The lowest BCUT2D eigenvalue weighted by molar-refractivity contribution is 0.555. The number of halogens is 2. The van der Waals surface area contributed by atoms with Crippen molar-refractivity contribution >= 4 is 31.9 Å². The molecule has 0 radical (unpaired) electrons. The molecule has 0 amide bonds. The van der Waals surface area contributed by atoms with E-state index in [0.29, 0.717) is 0 Å².